The lowest BCUT2D eigenvalue weighted by atomic mass is 9.77. The maximum atomic E-state index is 6.51. The minimum Gasteiger partial charge on any atom is -0.489 e. The van der Waals surface area contributed by atoms with Crippen LogP contribution in [0.2, 0.25) is 10.0 Å². The van der Waals surface area contributed by atoms with Gasteiger partial charge in [-0.1, -0.05) is 66.2 Å². The first-order valence-corrected chi connectivity index (χ1v) is 9.20. The molecular weight excluding hydrogens is 353 g/mol. The Hall–Kier alpha value is -1.90. The molecule has 2 aromatic carbocycles. The summed E-state index contributed by atoms with van der Waals surface area (Å²) in [5, 5.41) is 5.12. The van der Waals surface area contributed by atoms with E-state index in [1.165, 1.54) is 0 Å². The maximum absolute atomic E-state index is 6.51. The highest BCUT2D eigenvalue weighted by Crippen LogP contribution is 2.54. The van der Waals surface area contributed by atoms with Gasteiger partial charge in [0.15, 0.2) is 0 Å². The Balaban J connectivity index is 1.80. The maximum Gasteiger partial charge on any atom is 0.125 e. The number of ether oxygens (including phenoxy) is 1. The number of hydrogen-bond acceptors (Lipinski definition) is 2. The predicted octanol–water partition coefficient (Wildman–Crippen LogP) is 6.38. The Morgan fingerprint density at radius 1 is 1.16 bits per heavy atom. The Morgan fingerprint density at radius 3 is 2.80 bits per heavy atom. The Labute approximate surface area is 158 Å². The highest BCUT2D eigenvalue weighted by molar-refractivity contribution is 6.36. The lowest BCUT2D eigenvalue weighted by Gasteiger charge is -2.38. The smallest absolute Gasteiger partial charge is 0.125 e. The number of halogens is 2. The van der Waals surface area contributed by atoms with E-state index in [2.05, 4.69) is 30.1 Å². The van der Waals surface area contributed by atoms with Crippen LogP contribution in [-0.2, 0) is 0 Å². The minimum atomic E-state index is 0.115. The number of para-hydroxylation sites is 1. The summed E-state index contributed by atoms with van der Waals surface area (Å²) < 4.78 is 5.89. The van der Waals surface area contributed by atoms with Crippen LogP contribution in [0.3, 0.4) is 0 Å². The van der Waals surface area contributed by atoms with Crippen LogP contribution in [0.25, 0.3) is 0 Å². The van der Waals surface area contributed by atoms with Crippen molar-refractivity contribution in [3.8, 4) is 5.75 Å². The van der Waals surface area contributed by atoms with Crippen LogP contribution in [-0.4, -0.2) is 6.61 Å². The largest absolute Gasteiger partial charge is 0.489 e. The van der Waals surface area contributed by atoms with E-state index in [0.29, 0.717) is 17.5 Å². The number of benzene rings is 2. The second-order valence-corrected chi connectivity index (χ2v) is 7.25. The third kappa shape index (κ3) is 2.84. The summed E-state index contributed by atoms with van der Waals surface area (Å²) in [5.41, 5.74) is 3.18. The molecule has 1 aliphatic carbocycles. The third-order valence-corrected chi connectivity index (χ3v) is 5.67. The molecule has 0 unspecified atom stereocenters. The van der Waals surface area contributed by atoms with Gasteiger partial charge in [0.2, 0.25) is 0 Å². The monoisotopic (exact) mass is 371 g/mol. The van der Waals surface area contributed by atoms with Gasteiger partial charge in [0.25, 0.3) is 0 Å². The van der Waals surface area contributed by atoms with Crippen molar-refractivity contribution in [1.82, 2.24) is 0 Å². The van der Waals surface area contributed by atoms with Gasteiger partial charge in [-0.3, -0.25) is 0 Å². The third-order valence-electron chi connectivity index (χ3n) is 5.03. The summed E-state index contributed by atoms with van der Waals surface area (Å²) in [6.45, 7) is 4.22. The zero-order valence-electron chi connectivity index (χ0n) is 13.7. The summed E-state index contributed by atoms with van der Waals surface area (Å²) >= 11 is 13.0. The van der Waals surface area contributed by atoms with E-state index in [-0.39, 0.29) is 12.0 Å². The van der Waals surface area contributed by atoms with Crippen molar-refractivity contribution in [3.05, 3.63) is 82.4 Å². The Morgan fingerprint density at radius 2 is 1.96 bits per heavy atom. The molecule has 1 aliphatic heterocycles. The van der Waals surface area contributed by atoms with Crippen LogP contribution < -0.4 is 10.1 Å². The van der Waals surface area contributed by atoms with E-state index in [0.717, 1.165) is 34.0 Å². The molecule has 1 N–H and O–H groups in total. The van der Waals surface area contributed by atoms with E-state index >= 15 is 0 Å². The van der Waals surface area contributed by atoms with E-state index < -0.39 is 0 Å². The lowest BCUT2D eigenvalue weighted by Crippen LogP contribution is -2.30. The molecule has 0 saturated heterocycles. The highest BCUT2D eigenvalue weighted by atomic mass is 35.5. The van der Waals surface area contributed by atoms with Gasteiger partial charge >= 0.3 is 0 Å². The first-order valence-electron chi connectivity index (χ1n) is 8.44. The van der Waals surface area contributed by atoms with Crippen LogP contribution >= 0.6 is 23.2 Å². The molecule has 0 spiro atoms. The standard InChI is InChI=1S/C21H19Cl2NO/c1-2-12-25-18-9-4-3-6-15(18)20-14-8-5-7-13(14)19-16(22)10-11-17(23)21(19)24-20/h2-7,9-11,13-14,20,24H,1,8,12H2/t13-,14+,20-/m1/s1. The summed E-state index contributed by atoms with van der Waals surface area (Å²) in [6.07, 6.45) is 7.26. The molecule has 0 aromatic heterocycles. The number of allylic oxidation sites excluding steroid dienone is 2. The van der Waals surface area contributed by atoms with Crippen molar-refractivity contribution in [2.45, 2.75) is 18.4 Å². The quantitative estimate of drug-likeness (QED) is 0.629. The first-order chi connectivity index (χ1) is 12.2. The van der Waals surface area contributed by atoms with Crippen molar-refractivity contribution in [3.63, 3.8) is 0 Å². The molecule has 128 valence electrons. The zero-order valence-corrected chi connectivity index (χ0v) is 15.2. The second-order valence-electron chi connectivity index (χ2n) is 6.43. The minimum absolute atomic E-state index is 0.115. The van der Waals surface area contributed by atoms with Gasteiger partial charge < -0.3 is 10.1 Å². The van der Waals surface area contributed by atoms with Crippen LogP contribution in [0.1, 0.15) is 29.5 Å². The molecule has 2 aromatic rings. The van der Waals surface area contributed by atoms with E-state index in [9.17, 15) is 0 Å². The van der Waals surface area contributed by atoms with Gasteiger partial charge in [0, 0.05) is 22.1 Å². The fourth-order valence-electron chi connectivity index (χ4n) is 3.95. The van der Waals surface area contributed by atoms with Gasteiger partial charge in [-0.2, -0.15) is 0 Å². The van der Waals surface area contributed by atoms with Crippen LogP contribution in [0.4, 0.5) is 5.69 Å². The van der Waals surface area contributed by atoms with Gasteiger partial charge in [0.1, 0.15) is 12.4 Å². The van der Waals surface area contributed by atoms with Crippen LogP contribution in [0.5, 0.6) is 5.75 Å². The van der Waals surface area contributed by atoms with Crippen molar-refractivity contribution in [2.75, 3.05) is 11.9 Å². The molecule has 2 nitrogen and oxygen atoms in total. The summed E-state index contributed by atoms with van der Waals surface area (Å²) in [4.78, 5) is 0. The Kier molecular flexibility index (Phi) is 4.49. The van der Waals surface area contributed by atoms with Gasteiger partial charge in [-0.05, 0) is 30.5 Å². The number of fused-ring (bicyclic) bond motifs is 3. The summed E-state index contributed by atoms with van der Waals surface area (Å²) in [7, 11) is 0. The molecule has 0 amide bonds. The van der Waals surface area contributed by atoms with E-state index in [4.69, 9.17) is 27.9 Å². The first kappa shape index (κ1) is 16.6. The molecule has 0 saturated carbocycles. The average molecular weight is 372 g/mol. The van der Waals surface area contributed by atoms with Crippen LogP contribution in [0.15, 0.2) is 61.2 Å². The van der Waals surface area contributed by atoms with Crippen molar-refractivity contribution in [1.29, 1.82) is 0 Å². The fraction of sp³-hybridized carbons (Fsp3) is 0.238. The van der Waals surface area contributed by atoms with Gasteiger partial charge in [0.05, 0.1) is 16.8 Å². The molecule has 0 bridgehead atoms. The molecule has 1 heterocycles. The second kappa shape index (κ2) is 6.78. The predicted molar refractivity (Wildman–Crippen MR) is 105 cm³/mol. The summed E-state index contributed by atoms with van der Waals surface area (Å²) in [6, 6.07) is 12.0. The summed E-state index contributed by atoms with van der Waals surface area (Å²) in [5.74, 6) is 1.53. The average Bonchev–Trinajstić information content (AvgIpc) is 3.12. The number of anilines is 1. The van der Waals surface area contributed by atoms with E-state index in [1.54, 1.807) is 6.08 Å². The number of hydrogen-bond donors (Lipinski definition) is 1. The Bertz CT molecular complexity index is 846. The topological polar surface area (TPSA) is 21.3 Å². The zero-order chi connectivity index (χ0) is 17.4. The molecule has 0 fully saturated rings. The van der Waals surface area contributed by atoms with E-state index in [1.807, 2.05) is 30.3 Å². The normalized spacial score (nSPS) is 23.5. The number of rotatable bonds is 4. The fourth-order valence-corrected chi connectivity index (χ4v) is 4.46. The molecular formula is C21H19Cl2NO. The molecule has 2 aliphatic rings. The lowest BCUT2D eigenvalue weighted by molar-refractivity contribution is 0.346. The number of nitrogens with one attached hydrogen (secondary N) is 1. The highest BCUT2D eigenvalue weighted by Gasteiger charge is 2.40. The van der Waals surface area contributed by atoms with Crippen molar-refractivity contribution in [2.24, 2.45) is 5.92 Å². The molecule has 3 atom stereocenters. The molecule has 4 heteroatoms. The molecule has 4 rings (SSSR count). The van der Waals surface area contributed by atoms with Gasteiger partial charge in [-0.15, -0.1) is 0 Å². The molecule has 25 heavy (non-hydrogen) atoms. The van der Waals surface area contributed by atoms with Crippen LogP contribution in [0, 0.1) is 5.92 Å². The SMILES string of the molecule is C=CCOc1ccccc1[C@@H]1Nc2c(Cl)ccc(Cl)c2[C@@H]2C=CC[C@@H]21. The van der Waals surface area contributed by atoms with Crippen molar-refractivity contribution >= 4 is 28.9 Å². The van der Waals surface area contributed by atoms with Gasteiger partial charge in [-0.25, -0.2) is 0 Å². The van der Waals surface area contributed by atoms with Crippen molar-refractivity contribution < 1.29 is 4.74 Å². The molecule has 0 radical (unpaired) electrons.